The molecule has 7 heteroatoms. The third kappa shape index (κ3) is 4.26. The van der Waals surface area contributed by atoms with Crippen LogP contribution in [0.2, 0.25) is 0 Å². The molecule has 0 spiro atoms. The molecule has 0 radical (unpaired) electrons. The number of hydrogen-bond acceptors (Lipinski definition) is 7. The van der Waals surface area contributed by atoms with Crippen molar-refractivity contribution in [2.24, 2.45) is 0 Å². The van der Waals surface area contributed by atoms with Gasteiger partial charge in [0.2, 0.25) is 0 Å². The minimum atomic E-state index is -0.436. The first-order valence-corrected chi connectivity index (χ1v) is 8.37. The van der Waals surface area contributed by atoms with Crippen LogP contribution in [0, 0.1) is 0 Å². The molecule has 0 atom stereocenters. The molecule has 128 valence electrons. The Bertz CT molecular complexity index is 708. The van der Waals surface area contributed by atoms with E-state index in [1.165, 1.54) is 11.3 Å². The first-order chi connectivity index (χ1) is 11.6. The maximum absolute atomic E-state index is 12.1. The van der Waals surface area contributed by atoms with E-state index in [1.807, 2.05) is 5.38 Å². The van der Waals surface area contributed by atoms with Gasteiger partial charge in [0.15, 0.2) is 6.61 Å². The molecule has 0 unspecified atom stereocenters. The Hall–Kier alpha value is -2.54. The Kier molecular flexibility index (Phi) is 6.20. The molecule has 0 fully saturated rings. The number of carbonyl (C=O) groups is 2. The summed E-state index contributed by atoms with van der Waals surface area (Å²) in [5.41, 5.74) is 7.80. The number of benzene rings is 1. The van der Waals surface area contributed by atoms with Crippen LogP contribution < -0.4 is 10.5 Å². The van der Waals surface area contributed by atoms with Gasteiger partial charge in [-0.15, -0.1) is 11.3 Å². The van der Waals surface area contributed by atoms with Crippen molar-refractivity contribution < 1.29 is 23.8 Å². The summed E-state index contributed by atoms with van der Waals surface area (Å²) in [5, 5.41) is 2.24. The number of ether oxygens (including phenoxy) is 3. The molecular weight excluding hydrogens is 330 g/mol. The average molecular weight is 349 g/mol. The number of carbonyl (C=O) groups excluding carboxylic acids is 2. The van der Waals surface area contributed by atoms with E-state index in [0.29, 0.717) is 28.5 Å². The summed E-state index contributed by atoms with van der Waals surface area (Å²) < 4.78 is 15.2. The maximum atomic E-state index is 12.1. The predicted octanol–water partition coefficient (Wildman–Crippen LogP) is 3.12. The van der Waals surface area contributed by atoms with Gasteiger partial charge in [-0.25, -0.2) is 9.59 Å². The van der Waals surface area contributed by atoms with Crippen LogP contribution in [0.4, 0.5) is 5.00 Å². The molecule has 1 heterocycles. The van der Waals surface area contributed by atoms with Gasteiger partial charge in [0.25, 0.3) is 0 Å². The summed E-state index contributed by atoms with van der Waals surface area (Å²) in [7, 11) is 0. The lowest BCUT2D eigenvalue weighted by atomic mass is 10.0. The Morgan fingerprint density at radius 3 is 2.38 bits per heavy atom. The van der Waals surface area contributed by atoms with Crippen molar-refractivity contribution in [2.75, 3.05) is 25.6 Å². The van der Waals surface area contributed by atoms with Gasteiger partial charge >= 0.3 is 11.9 Å². The van der Waals surface area contributed by atoms with Crippen LogP contribution in [0.15, 0.2) is 29.6 Å². The predicted molar refractivity (Wildman–Crippen MR) is 92.3 cm³/mol. The van der Waals surface area contributed by atoms with Crippen LogP contribution in [0.3, 0.4) is 0 Å². The Morgan fingerprint density at radius 2 is 1.75 bits per heavy atom. The zero-order chi connectivity index (χ0) is 17.5. The third-order valence-electron chi connectivity index (χ3n) is 3.13. The highest BCUT2D eigenvalue weighted by Gasteiger charge is 2.19. The van der Waals surface area contributed by atoms with Gasteiger partial charge in [0.1, 0.15) is 16.3 Å². The summed E-state index contributed by atoms with van der Waals surface area (Å²) in [6.45, 7) is 3.94. The fourth-order valence-electron chi connectivity index (χ4n) is 2.07. The number of thiophene rings is 1. The van der Waals surface area contributed by atoms with E-state index in [2.05, 4.69) is 0 Å². The van der Waals surface area contributed by atoms with E-state index >= 15 is 0 Å². The van der Waals surface area contributed by atoms with Crippen molar-refractivity contribution in [2.45, 2.75) is 13.8 Å². The van der Waals surface area contributed by atoms with E-state index < -0.39 is 11.9 Å². The molecule has 6 nitrogen and oxygen atoms in total. The van der Waals surface area contributed by atoms with Crippen LogP contribution in [-0.4, -0.2) is 31.8 Å². The van der Waals surface area contributed by atoms with Gasteiger partial charge in [-0.2, -0.15) is 0 Å². The van der Waals surface area contributed by atoms with Crippen LogP contribution in [0.5, 0.6) is 5.75 Å². The molecular formula is C17H19NO5S. The summed E-state index contributed by atoms with van der Waals surface area (Å²) in [6, 6.07) is 7.03. The number of nitrogens with two attached hydrogens (primary N) is 1. The molecule has 0 aliphatic carbocycles. The Morgan fingerprint density at radius 1 is 1.08 bits per heavy atom. The van der Waals surface area contributed by atoms with Crippen LogP contribution in [-0.2, 0) is 14.3 Å². The second-order valence-corrected chi connectivity index (χ2v) is 5.64. The van der Waals surface area contributed by atoms with E-state index in [9.17, 15) is 9.59 Å². The van der Waals surface area contributed by atoms with E-state index in [0.717, 1.165) is 5.56 Å². The van der Waals surface area contributed by atoms with Crippen molar-refractivity contribution >= 4 is 28.3 Å². The lowest BCUT2D eigenvalue weighted by molar-refractivity contribution is -0.145. The van der Waals surface area contributed by atoms with Crippen LogP contribution in [0.1, 0.15) is 24.2 Å². The highest BCUT2D eigenvalue weighted by atomic mass is 32.1. The van der Waals surface area contributed by atoms with Gasteiger partial charge in [-0.05, 0) is 31.5 Å². The van der Waals surface area contributed by atoms with Gasteiger partial charge in [0, 0.05) is 10.9 Å². The van der Waals surface area contributed by atoms with Crippen LogP contribution >= 0.6 is 11.3 Å². The zero-order valence-electron chi connectivity index (χ0n) is 13.5. The second-order valence-electron chi connectivity index (χ2n) is 4.73. The monoisotopic (exact) mass is 349 g/mol. The fraction of sp³-hybridized carbons (Fsp3) is 0.294. The number of hydrogen-bond donors (Lipinski definition) is 1. The molecule has 24 heavy (non-hydrogen) atoms. The SMILES string of the molecule is CCOC(=O)COc1ccc(-c2csc(N)c2C(=O)OCC)cc1. The topological polar surface area (TPSA) is 87.9 Å². The number of nitrogen functional groups attached to an aromatic ring is 1. The molecule has 0 saturated heterocycles. The van der Waals surface area contributed by atoms with Crippen molar-refractivity contribution in [3.8, 4) is 16.9 Å². The van der Waals surface area contributed by atoms with Gasteiger partial charge in [0.05, 0.1) is 13.2 Å². The minimum Gasteiger partial charge on any atom is -0.482 e. The standard InChI is InChI=1S/C17H19NO5S/c1-3-21-14(19)9-23-12-7-5-11(6-8-12)13-10-24-16(18)15(13)17(20)22-4-2/h5-8,10H,3-4,9,18H2,1-2H3. The van der Waals surface area contributed by atoms with E-state index in [-0.39, 0.29) is 13.2 Å². The molecule has 2 N–H and O–H groups in total. The molecule has 0 saturated carbocycles. The highest BCUT2D eigenvalue weighted by molar-refractivity contribution is 7.14. The zero-order valence-corrected chi connectivity index (χ0v) is 14.4. The number of esters is 2. The lowest BCUT2D eigenvalue weighted by Gasteiger charge is -2.08. The lowest BCUT2D eigenvalue weighted by Crippen LogP contribution is -2.14. The second kappa shape index (κ2) is 8.35. The normalized spacial score (nSPS) is 10.2. The molecule has 1 aromatic heterocycles. The summed E-state index contributed by atoms with van der Waals surface area (Å²) >= 11 is 1.29. The minimum absolute atomic E-state index is 0.146. The van der Waals surface area contributed by atoms with Gasteiger partial charge in [-0.3, -0.25) is 0 Å². The quantitative estimate of drug-likeness (QED) is 0.773. The molecule has 2 rings (SSSR count). The molecule has 0 bridgehead atoms. The van der Waals surface area contributed by atoms with Crippen molar-refractivity contribution in [1.82, 2.24) is 0 Å². The molecule has 0 aliphatic heterocycles. The van der Waals surface area contributed by atoms with Crippen molar-refractivity contribution in [3.05, 3.63) is 35.2 Å². The van der Waals surface area contributed by atoms with Gasteiger partial charge in [-0.1, -0.05) is 12.1 Å². The number of anilines is 1. The van der Waals surface area contributed by atoms with Crippen LogP contribution in [0.25, 0.3) is 11.1 Å². The smallest absolute Gasteiger partial charge is 0.344 e. The molecule has 1 aromatic carbocycles. The Labute approximate surface area is 144 Å². The third-order valence-corrected chi connectivity index (χ3v) is 3.94. The van der Waals surface area contributed by atoms with Gasteiger partial charge < -0.3 is 19.9 Å². The maximum Gasteiger partial charge on any atom is 0.344 e. The largest absolute Gasteiger partial charge is 0.482 e. The molecule has 0 aliphatic rings. The summed E-state index contributed by atoms with van der Waals surface area (Å²) in [5.74, 6) is -0.321. The van der Waals surface area contributed by atoms with E-state index in [4.69, 9.17) is 19.9 Å². The summed E-state index contributed by atoms with van der Waals surface area (Å²) in [6.07, 6.45) is 0. The molecule has 0 amide bonds. The van der Waals surface area contributed by atoms with Crippen molar-refractivity contribution in [3.63, 3.8) is 0 Å². The number of rotatable bonds is 7. The Balaban J connectivity index is 2.14. The first kappa shape index (κ1) is 17.8. The summed E-state index contributed by atoms with van der Waals surface area (Å²) in [4.78, 5) is 23.3. The fourth-order valence-corrected chi connectivity index (χ4v) is 2.88. The average Bonchev–Trinajstić information content (AvgIpc) is 2.95. The van der Waals surface area contributed by atoms with Crippen molar-refractivity contribution in [1.29, 1.82) is 0 Å². The highest BCUT2D eigenvalue weighted by Crippen LogP contribution is 2.34. The first-order valence-electron chi connectivity index (χ1n) is 7.49. The van der Waals surface area contributed by atoms with E-state index in [1.54, 1.807) is 38.1 Å². The molecule has 2 aromatic rings.